The standard InChI is InChI=1S/C22H24N4O/c1-16(2)26(15-18-10-6-4-7-11-18)21-14-20(23-17(3)24-21)22(27)25-19-12-8-5-9-13-19/h4-14,16H,15H2,1-3H3,(H,25,27). The molecule has 0 radical (unpaired) electrons. The van der Waals surface area contributed by atoms with Crippen LogP contribution in [0.5, 0.6) is 0 Å². The third-order valence-corrected chi connectivity index (χ3v) is 4.20. The molecule has 1 heterocycles. The molecule has 2 aromatic carbocycles. The van der Waals surface area contributed by atoms with E-state index in [1.165, 1.54) is 5.56 Å². The maximum Gasteiger partial charge on any atom is 0.274 e. The Bertz CT molecular complexity index is 895. The van der Waals surface area contributed by atoms with Gasteiger partial charge in [-0.05, 0) is 38.5 Å². The molecule has 138 valence electrons. The average Bonchev–Trinajstić information content (AvgIpc) is 2.67. The molecule has 5 heteroatoms. The third-order valence-electron chi connectivity index (χ3n) is 4.20. The fraction of sp³-hybridized carbons (Fsp3) is 0.227. The van der Waals surface area contributed by atoms with Gasteiger partial charge in [-0.3, -0.25) is 4.79 Å². The summed E-state index contributed by atoms with van der Waals surface area (Å²) in [6.07, 6.45) is 0. The molecule has 27 heavy (non-hydrogen) atoms. The second-order valence-corrected chi connectivity index (χ2v) is 6.69. The van der Waals surface area contributed by atoms with E-state index in [-0.39, 0.29) is 11.9 Å². The van der Waals surface area contributed by atoms with Crippen LogP contribution in [0.15, 0.2) is 66.7 Å². The topological polar surface area (TPSA) is 58.1 Å². The van der Waals surface area contributed by atoms with Gasteiger partial charge in [0.25, 0.3) is 5.91 Å². The summed E-state index contributed by atoms with van der Waals surface area (Å²) in [5, 5.41) is 2.88. The molecule has 0 fully saturated rings. The molecular weight excluding hydrogens is 336 g/mol. The lowest BCUT2D eigenvalue weighted by molar-refractivity contribution is 0.102. The Morgan fingerprint density at radius 1 is 1.00 bits per heavy atom. The molecule has 1 N–H and O–H groups in total. The summed E-state index contributed by atoms with van der Waals surface area (Å²) in [7, 11) is 0. The van der Waals surface area contributed by atoms with E-state index >= 15 is 0 Å². The summed E-state index contributed by atoms with van der Waals surface area (Å²) in [5.74, 6) is 1.08. The molecular formula is C22H24N4O. The predicted molar refractivity (Wildman–Crippen MR) is 109 cm³/mol. The molecule has 5 nitrogen and oxygen atoms in total. The number of amides is 1. The maximum atomic E-state index is 12.6. The van der Waals surface area contributed by atoms with Gasteiger partial charge in [0.2, 0.25) is 0 Å². The number of rotatable bonds is 6. The summed E-state index contributed by atoms with van der Waals surface area (Å²) in [6.45, 7) is 6.76. The SMILES string of the molecule is Cc1nc(C(=O)Nc2ccccc2)cc(N(Cc2ccccc2)C(C)C)n1. The molecule has 3 aromatic rings. The Labute approximate surface area is 160 Å². The highest BCUT2D eigenvalue weighted by Gasteiger charge is 2.17. The van der Waals surface area contributed by atoms with Crippen molar-refractivity contribution in [3.8, 4) is 0 Å². The zero-order chi connectivity index (χ0) is 19.2. The summed E-state index contributed by atoms with van der Waals surface area (Å²) in [4.78, 5) is 23.7. The van der Waals surface area contributed by atoms with Crippen molar-refractivity contribution >= 4 is 17.4 Å². The van der Waals surface area contributed by atoms with E-state index in [1.54, 1.807) is 6.07 Å². The average molecular weight is 360 g/mol. The predicted octanol–water partition coefficient (Wildman–Crippen LogP) is 4.45. The Kier molecular flexibility index (Phi) is 5.81. The second-order valence-electron chi connectivity index (χ2n) is 6.69. The molecule has 3 rings (SSSR count). The highest BCUT2D eigenvalue weighted by atomic mass is 16.1. The van der Waals surface area contributed by atoms with Gasteiger partial charge in [0.1, 0.15) is 17.3 Å². The Morgan fingerprint density at radius 3 is 2.26 bits per heavy atom. The lowest BCUT2D eigenvalue weighted by Gasteiger charge is -2.28. The van der Waals surface area contributed by atoms with Crippen LogP contribution in [0.1, 0.15) is 35.7 Å². The van der Waals surface area contributed by atoms with E-state index in [2.05, 4.69) is 46.2 Å². The Morgan fingerprint density at radius 2 is 1.63 bits per heavy atom. The summed E-state index contributed by atoms with van der Waals surface area (Å²) in [6, 6.07) is 21.6. The fourth-order valence-electron chi connectivity index (χ4n) is 2.84. The van der Waals surface area contributed by atoms with E-state index in [0.717, 1.165) is 11.5 Å². The minimum atomic E-state index is -0.239. The zero-order valence-corrected chi connectivity index (χ0v) is 15.9. The van der Waals surface area contributed by atoms with Gasteiger partial charge in [-0.15, -0.1) is 0 Å². The second kappa shape index (κ2) is 8.45. The van der Waals surface area contributed by atoms with Gasteiger partial charge in [-0.2, -0.15) is 0 Å². The monoisotopic (exact) mass is 360 g/mol. The van der Waals surface area contributed by atoms with Crippen LogP contribution in [0.3, 0.4) is 0 Å². The smallest absolute Gasteiger partial charge is 0.274 e. The van der Waals surface area contributed by atoms with Gasteiger partial charge in [0.05, 0.1) is 0 Å². The largest absolute Gasteiger partial charge is 0.350 e. The molecule has 0 saturated heterocycles. The molecule has 1 aromatic heterocycles. The molecule has 0 saturated carbocycles. The van der Waals surface area contributed by atoms with Crippen LogP contribution in [0, 0.1) is 6.92 Å². The van der Waals surface area contributed by atoms with Crippen molar-refractivity contribution in [2.75, 3.05) is 10.2 Å². The van der Waals surface area contributed by atoms with Crippen molar-refractivity contribution in [1.82, 2.24) is 9.97 Å². The number of carbonyl (C=O) groups excluding carboxylic acids is 1. The van der Waals surface area contributed by atoms with E-state index < -0.39 is 0 Å². The number of carbonyl (C=O) groups is 1. The Hall–Kier alpha value is -3.21. The van der Waals surface area contributed by atoms with E-state index in [1.807, 2.05) is 55.5 Å². The van der Waals surface area contributed by atoms with Gasteiger partial charge in [-0.25, -0.2) is 9.97 Å². The first kappa shape index (κ1) is 18.6. The van der Waals surface area contributed by atoms with Gasteiger partial charge in [0.15, 0.2) is 0 Å². The van der Waals surface area contributed by atoms with Crippen LogP contribution in [0.4, 0.5) is 11.5 Å². The quantitative estimate of drug-likeness (QED) is 0.705. The number of hydrogen-bond acceptors (Lipinski definition) is 4. The summed E-state index contributed by atoms with van der Waals surface area (Å²) < 4.78 is 0. The molecule has 1 amide bonds. The molecule has 0 atom stereocenters. The van der Waals surface area contributed by atoms with Gasteiger partial charge in [-0.1, -0.05) is 48.5 Å². The van der Waals surface area contributed by atoms with Crippen molar-refractivity contribution < 1.29 is 4.79 Å². The van der Waals surface area contributed by atoms with Crippen molar-refractivity contribution in [3.05, 3.63) is 83.8 Å². The lowest BCUT2D eigenvalue weighted by atomic mass is 10.2. The van der Waals surface area contributed by atoms with Gasteiger partial charge >= 0.3 is 0 Å². The van der Waals surface area contributed by atoms with Crippen LogP contribution in [0.2, 0.25) is 0 Å². The number of nitrogens with zero attached hydrogens (tertiary/aromatic N) is 3. The first-order valence-electron chi connectivity index (χ1n) is 9.05. The number of aromatic nitrogens is 2. The molecule has 0 bridgehead atoms. The number of benzene rings is 2. The van der Waals surface area contributed by atoms with Crippen molar-refractivity contribution in [3.63, 3.8) is 0 Å². The number of nitrogens with one attached hydrogen (secondary N) is 1. The van der Waals surface area contributed by atoms with Crippen molar-refractivity contribution in [2.24, 2.45) is 0 Å². The molecule has 0 unspecified atom stereocenters. The van der Waals surface area contributed by atoms with E-state index in [0.29, 0.717) is 18.1 Å². The highest BCUT2D eigenvalue weighted by Crippen LogP contribution is 2.20. The van der Waals surface area contributed by atoms with Crippen LogP contribution in [-0.4, -0.2) is 21.9 Å². The van der Waals surface area contributed by atoms with E-state index in [9.17, 15) is 4.79 Å². The minimum absolute atomic E-state index is 0.226. The first-order valence-corrected chi connectivity index (χ1v) is 9.05. The number of anilines is 2. The minimum Gasteiger partial charge on any atom is -0.350 e. The molecule has 0 aliphatic carbocycles. The third kappa shape index (κ3) is 4.91. The number of para-hydroxylation sites is 1. The zero-order valence-electron chi connectivity index (χ0n) is 15.9. The number of hydrogen-bond donors (Lipinski definition) is 1. The Balaban J connectivity index is 1.87. The summed E-state index contributed by atoms with van der Waals surface area (Å²) in [5.41, 5.74) is 2.29. The van der Waals surface area contributed by atoms with Gasteiger partial charge in [0, 0.05) is 24.3 Å². The van der Waals surface area contributed by atoms with Crippen LogP contribution in [0.25, 0.3) is 0 Å². The molecule has 0 aliphatic heterocycles. The molecule has 0 aliphatic rings. The molecule has 0 spiro atoms. The van der Waals surface area contributed by atoms with Crippen LogP contribution < -0.4 is 10.2 Å². The fourth-order valence-corrected chi connectivity index (χ4v) is 2.84. The van der Waals surface area contributed by atoms with Crippen LogP contribution >= 0.6 is 0 Å². The lowest BCUT2D eigenvalue weighted by Crippen LogP contribution is -2.31. The van der Waals surface area contributed by atoms with Crippen molar-refractivity contribution in [1.29, 1.82) is 0 Å². The number of aryl methyl sites for hydroxylation is 1. The highest BCUT2D eigenvalue weighted by molar-refractivity contribution is 6.03. The van der Waals surface area contributed by atoms with E-state index in [4.69, 9.17) is 0 Å². The van der Waals surface area contributed by atoms with Gasteiger partial charge < -0.3 is 10.2 Å². The van der Waals surface area contributed by atoms with Crippen LogP contribution in [-0.2, 0) is 6.54 Å². The maximum absolute atomic E-state index is 12.6. The normalized spacial score (nSPS) is 10.7. The summed E-state index contributed by atoms with van der Waals surface area (Å²) >= 11 is 0. The van der Waals surface area contributed by atoms with Crippen molar-refractivity contribution in [2.45, 2.75) is 33.4 Å². The first-order chi connectivity index (χ1) is 13.0.